The number of carbonyl (C=O) groups is 1. The van der Waals surface area contributed by atoms with E-state index in [0.29, 0.717) is 18.9 Å². The van der Waals surface area contributed by atoms with Gasteiger partial charge in [0, 0.05) is 12.5 Å². The summed E-state index contributed by atoms with van der Waals surface area (Å²) in [5.41, 5.74) is 5.33. The average Bonchev–Trinajstić information content (AvgIpc) is 2.62. The van der Waals surface area contributed by atoms with Crippen LogP contribution >= 0.6 is 0 Å². The van der Waals surface area contributed by atoms with Crippen LogP contribution in [0.15, 0.2) is 0 Å². The molecule has 2 N–H and O–H groups in total. The Bertz CT molecular complexity index is 392. The highest BCUT2D eigenvalue weighted by Crippen LogP contribution is 2.61. The highest BCUT2D eigenvalue weighted by molar-refractivity contribution is 5.69. The quantitative estimate of drug-likeness (QED) is 0.849. The zero-order valence-corrected chi connectivity index (χ0v) is 13.1. The number of rotatable bonds is 2. The van der Waals surface area contributed by atoms with Gasteiger partial charge < -0.3 is 15.4 Å². The van der Waals surface area contributed by atoms with E-state index in [1.54, 1.807) is 4.90 Å². The standard InChI is InChI=1S/C15H27FN2O2/c1-14(2,3)20-13(19)18-8-9(16)6-11(18)12-10(7-17)15(12,4)5/h9-12H,6-8,17H2,1-5H3/t9-,10+,11?,12-/m1/s1. The molecule has 2 aliphatic rings. The van der Waals surface area contributed by atoms with Gasteiger partial charge in [0.2, 0.25) is 0 Å². The fourth-order valence-corrected chi connectivity index (χ4v) is 3.68. The monoisotopic (exact) mass is 286 g/mol. The molecule has 0 aromatic rings. The fraction of sp³-hybridized carbons (Fsp3) is 0.933. The van der Waals surface area contributed by atoms with Gasteiger partial charge in [-0.1, -0.05) is 13.8 Å². The molecule has 4 nitrogen and oxygen atoms in total. The third-order valence-electron chi connectivity index (χ3n) is 4.73. The summed E-state index contributed by atoms with van der Waals surface area (Å²) in [6, 6.07) is -0.0802. The van der Waals surface area contributed by atoms with Crippen LogP contribution in [0.5, 0.6) is 0 Å². The molecule has 5 heteroatoms. The lowest BCUT2D eigenvalue weighted by Crippen LogP contribution is -2.41. The van der Waals surface area contributed by atoms with Crippen molar-refractivity contribution in [1.82, 2.24) is 4.90 Å². The van der Waals surface area contributed by atoms with Crippen molar-refractivity contribution >= 4 is 6.09 Å². The molecule has 0 spiro atoms. The zero-order valence-electron chi connectivity index (χ0n) is 13.1. The Morgan fingerprint density at radius 1 is 1.45 bits per heavy atom. The first-order chi connectivity index (χ1) is 9.08. The number of hydrogen-bond donors (Lipinski definition) is 1. The first-order valence-corrected chi connectivity index (χ1v) is 7.41. The summed E-state index contributed by atoms with van der Waals surface area (Å²) in [6.45, 7) is 10.5. The van der Waals surface area contributed by atoms with E-state index in [2.05, 4.69) is 13.8 Å². The minimum absolute atomic E-state index is 0.0802. The van der Waals surface area contributed by atoms with Crippen molar-refractivity contribution < 1.29 is 13.9 Å². The number of amides is 1. The second-order valence-corrected chi connectivity index (χ2v) is 7.72. The number of alkyl halides is 1. The Balaban J connectivity index is 2.10. The molecule has 1 saturated carbocycles. The van der Waals surface area contributed by atoms with E-state index in [-0.39, 0.29) is 23.9 Å². The summed E-state index contributed by atoms with van der Waals surface area (Å²) in [5.74, 6) is 0.642. The van der Waals surface area contributed by atoms with Crippen molar-refractivity contribution in [3.63, 3.8) is 0 Å². The molecule has 1 unspecified atom stereocenters. The fourth-order valence-electron chi connectivity index (χ4n) is 3.68. The number of hydrogen-bond acceptors (Lipinski definition) is 3. The van der Waals surface area contributed by atoms with E-state index in [1.807, 2.05) is 20.8 Å². The Labute approximate surface area is 120 Å². The van der Waals surface area contributed by atoms with Gasteiger partial charge in [-0.05, 0) is 44.6 Å². The predicted octanol–water partition coefficient (Wildman–Crippen LogP) is 2.56. The topological polar surface area (TPSA) is 55.6 Å². The number of nitrogens with two attached hydrogens (primary N) is 1. The Kier molecular flexibility index (Phi) is 3.78. The number of likely N-dealkylation sites (tertiary alicyclic amines) is 1. The van der Waals surface area contributed by atoms with Gasteiger partial charge >= 0.3 is 6.09 Å². The van der Waals surface area contributed by atoms with Crippen LogP contribution in [0.1, 0.15) is 41.0 Å². The summed E-state index contributed by atoms with van der Waals surface area (Å²) < 4.78 is 19.2. The minimum atomic E-state index is -0.956. The maximum atomic E-state index is 13.8. The Morgan fingerprint density at radius 3 is 2.50 bits per heavy atom. The van der Waals surface area contributed by atoms with E-state index in [1.165, 1.54) is 0 Å². The molecular weight excluding hydrogens is 259 g/mol. The second kappa shape index (κ2) is 4.86. The average molecular weight is 286 g/mol. The van der Waals surface area contributed by atoms with Crippen molar-refractivity contribution in [3.8, 4) is 0 Å². The van der Waals surface area contributed by atoms with Gasteiger partial charge in [-0.15, -0.1) is 0 Å². The zero-order chi connectivity index (χ0) is 15.3. The normalized spacial score (nSPS) is 36.0. The molecule has 1 heterocycles. The Morgan fingerprint density at radius 2 is 2.05 bits per heavy atom. The lowest BCUT2D eigenvalue weighted by Gasteiger charge is -2.29. The summed E-state index contributed by atoms with van der Waals surface area (Å²) in [4.78, 5) is 13.8. The molecule has 1 saturated heterocycles. The largest absolute Gasteiger partial charge is 0.444 e. The molecular formula is C15H27FN2O2. The molecule has 4 atom stereocenters. The second-order valence-electron chi connectivity index (χ2n) is 7.72. The van der Waals surface area contributed by atoms with Crippen molar-refractivity contribution in [2.24, 2.45) is 23.0 Å². The highest BCUT2D eigenvalue weighted by atomic mass is 19.1. The maximum absolute atomic E-state index is 13.8. The van der Waals surface area contributed by atoms with Crippen LogP contribution in [0.2, 0.25) is 0 Å². The van der Waals surface area contributed by atoms with Crippen LogP contribution in [-0.2, 0) is 4.74 Å². The number of ether oxygens (including phenoxy) is 1. The van der Waals surface area contributed by atoms with Crippen LogP contribution in [0.3, 0.4) is 0 Å². The van der Waals surface area contributed by atoms with Gasteiger partial charge in [-0.25, -0.2) is 9.18 Å². The third kappa shape index (κ3) is 2.78. The van der Waals surface area contributed by atoms with Crippen LogP contribution in [0.4, 0.5) is 9.18 Å². The van der Waals surface area contributed by atoms with E-state index in [9.17, 15) is 9.18 Å². The van der Waals surface area contributed by atoms with Crippen LogP contribution in [0.25, 0.3) is 0 Å². The van der Waals surface area contributed by atoms with Gasteiger partial charge in [-0.3, -0.25) is 0 Å². The van der Waals surface area contributed by atoms with E-state index >= 15 is 0 Å². The molecule has 20 heavy (non-hydrogen) atoms. The predicted molar refractivity (Wildman–Crippen MR) is 76.1 cm³/mol. The van der Waals surface area contributed by atoms with E-state index < -0.39 is 17.9 Å². The van der Waals surface area contributed by atoms with Gasteiger partial charge in [0.25, 0.3) is 0 Å². The molecule has 1 amide bonds. The highest BCUT2D eigenvalue weighted by Gasteiger charge is 2.63. The summed E-state index contributed by atoms with van der Waals surface area (Å²) >= 11 is 0. The number of carbonyl (C=O) groups excluding carboxylic acids is 1. The first kappa shape index (κ1) is 15.5. The van der Waals surface area contributed by atoms with Crippen LogP contribution in [0, 0.1) is 17.3 Å². The summed E-state index contributed by atoms with van der Waals surface area (Å²) in [6.07, 6.45) is -0.951. The summed E-state index contributed by atoms with van der Waals surface area (Å²) in [7, 11) is 0. The Hall–Kier alpha value is -0.840. The molecule has 2 fully saturated rings. The molecule has 2 rings (SSSR count). The molecule has 0 bridgehead atoms. The SMILES string of the molecule is CC(C)(C)OC(=O)N1C[C@H](F)CC1[C@H]1[C@H](CN)C1(C)C. The molecule has 116 valence electrons. The van der Waals surface area contributed by atoms with Crippen molar-refractivity contribution in [1.29, 1.82) is 0 Å². The van der Waals surface area contributed by atoms with Gasteiger partial charge in [0.05, 0.1) is 6.54 Å². The van der Waals surface area contributed by atoms with Crippen molar-refractivity contribution in [3.05, 3.63) is 0 Å². The molecule has 1 aliphatic heterocycles. The van der Waals surface area contributed by atoms with E-state index in [0.717, 1.165) is 0 Å². The van der Waals surface area contributed by atoms with E-state index in [4.69, 9.17) is 10.5 Å². The smallest absolute Gasteiger partial charge is 0.410 e. The van der Waals surface area contributed by atoms with Crippen LogP contribution in [-0.4, -0.2) is 41.9 Å². The molecule has 1 aliphatic carbocycles. The molecule has 0 radical (unpaired) electrons. The maximum Gasteiger partial charge on any atom is 0.410 e. The molecule has 0 aromatic carbocycles. The molecule has 0 aromatic heterocycles. The minimum Gasteiger partial charge on any atom is -0.444 e. The third-order valence-corrected chi connectivity index (χ3v) is 4.73. The lowest BCUT2D eigenvalue weighted by molar-refractivity contribution is 0.0192. The number of nitrogens with zero attached hydrogens (tertiary/aromatic N) is 1. The summed E-state index contributed by atoms with van der Waals surface area (Å²) in [5, 5.41) is 0. The van der Waals surface area contributed by atoms with Gasteiger partial charge in [0.1, 0.15) is 11.8 Å². The van der Waals surface area contributed by atoms with Crippen molar-refractivity contribution in [2.75, 3.05) is 13.1 Å². The van der Waals surface area contributed by atoms with Crippen molar-refractivity contribution in [2.45, 2.75) is 58.9 Å². The first-order valence-electron chi connectivity index (χ1n) is 7.41. The van der Waals surface area contributed by atoms with Crippen LogP contribution < -0.4 is 5.73 Å². The van der Waals surface area contributed by atoms with Gasteiger partial charge in [0.15, 0.2) is 0 Å². The lowest BCUT2D eigenvalue weighted by atomic mass is 10.0. The number of halogens is 1. The van der Waals surface area contributed by atoms with Gasteiger partial charge in [-0.2, -0.15) is 0 Å².